The van der Waals surface area contributed by atoms with Crippen LogP contribution in [-0.2, 0) is 11.2 Å². The molecule has 3 nitrogen and oxygen atoms in total. The second-order valence-electron chi connectivity index (χ2n) is 4.38. The summed E-state index contributed by atoms with van der Waals surface area (Å²) >= 11 is 0. The van der Waals surface area contributed by atoms with Crippen LogP contribution in [0, 0.1) is 0 Å². The average Bonchev–Trinajstić information content (AvgIpc) is 2.82. The van der Waals surface area contributed by atoms with E-state index in [1.165, 1.54) is 5.56 Å². The number of ether oxygens (including phenoxy) is 2. The van der Waals surface area contributed by atoms with E-state index in [2.05, 4.69) is 18.2 Å². The van der Waals surface area contributed by atoms with Crippen LogP contribution in [0.15, 0.2) is 18.2 Å². The lowest BCUT2D eigenvalue weighted by Gasteiger charge is -2.15. The first kappa shape index (κ1) is 12.4. The van der Waals surface area contributed by atoms with Gasteiger partial charge in [0, 0.05) is 31.2 Å². The fourth-order valence-electron chi connectivity index (χ4n) is 2.24. The van der Waals surface area contributed by atoms with Crippen molar-refractivity contribution in [2.24, 2.45) is 5.73 Å². The standard InChI is InChI=1S/C14H21NO2/c1-2-16-9-4-7-13(15)12-6-3-5-11-8-10-17-14(11)12/h3,5-6,13H,2,4,7-10,15H2,1H3. The summed E-state index contributed by atoms with van der Waals surface area (Å²) in [6, 6.07) is 6.34. The highest BCUT2D eigenvalue weighted by molar-refractivity contribution is 5.45. The highest BCUT2D eigenvalue weighted by atomic mass is 16.5. The largest absolute Gasteiger partial charge is 0.493 e. The van der Waals surface area contributed by atoms with E-state index in [0.717, 1.165) is 50.4 Å². The highest BCUT2D eigenvalue weighted by Gasteiger charge is 2.19. The predicted molar refractivity (Wildman–Crippen MR) is 68.3 cm³/mol. The molecule has 1 aromatic carbocycles. The summed E-state index contributed by atoms with van der Waals surface area (Å²) in [5, 5.41) is 0. The molecular weight excluding hydrogens is 214 g/mol. The van der Waals surface area contributed by atoms with Crippen molar-refractivity contribution in [3.05, 3.63) is 29.3 Å². The Hall–Kier alpha value is -1.06. The molecular formula is C14H21NO2. The zero-order chi connectivity index (χ0) is 12.1. The molecule has 1 unspecified atom stereocenters. The molecule has 1 aliphatic rings. The van der Waals surface area contributed by atoms with E-state index in [4.69, 9.17) is 15.2 Å². The first-order valence-corrected chi connectivity index (χ1v) is 6.41. The van der Waals surface area contributed by atoms with Gasteiger partial charge in [-0.05, 0) is 25.3 Å². The van der Waals surface area contributed by atoms with Crippen molar-refractivity contribution in [2.45, 2.75) is 32.2 Å². The normalized spacial score (nSPS) is 15.4. The third-order valence-electron chi connectivity index (χ3n) is 3.15. The molecule has 1 heterocycles. The Kier molecular flexibility index (Phi) is 4.40. The van der Waals surface area contributed by atoms with Crippen LogP contribution < -0.4 is 10.5 Å². The van der Waals surface area contributed by atoms with Crippen LogP contribution >= 0.6 is 0 Å². The summed E-state index contributed by atoms with van der Waals surface area (Å²) < 4.78 is 11.0. The Bertz CT molecular complexity index is 365. The SMILES string of the molecule is CCOCCCC(N)c1cccc2c1OCC2. The monoisotopic (exact) mass is 235 g/mol. The van der Waals surface area contributed by atoms with Crippen molar-refractivity contribution in [2.75, 3.05) is 19.8 Å². The molecule has 1 aromatic rings. The van der Waals surface area contributed by atoms with E-state index in [0.29, 0.717) is 0 Å². The number of rotatable bonds is 6. The minimum absolute atomic E-state index is 0.0588. The lowest BCUT2D eigenvalue weighted by Crippen LogP contribution is -2.12. The van der Waals surface area contributed by atoms with E-state index >= 15 is 0 Å². The molecule has 17 heavy (non-hydrogen) atoms. The topological polar surface area (TPSA) is 44.5 Å². The first-order chi connectivity index (χ1) is 8.33. The van der Waals surface area contributed by atoms with Crippen LogP contribution in [0.2, 0.25) is 0 Å². The predicted octanol–water partition coefficient (Wildman–Crippen LogP) is 2.44. The summed E-state index contributed by atoms with van der Waals surface area (Å²) in [6.45, 7) is 4.37. The van der Waals surface area contributed by atoms with Crippen molar-refractivity contribution in [1.82, 2.24) is 0 Å². The Morgan fingerprint density at radius 1 is 1.47 bits per heavy atom. The fraction of sp³-hybridized carbons (Fsp3) is 0.571. The Balaban J connectivity index is 1.95. The van der Waals surface area contributed by atoms with Gasteiger partial charge in [0.05, 0.1) is 6.61 Å². The van der Waals surface area contributed by atoms with Crippen LogP contribution in [0.25, 0.3) is 0 Å². The third-order valence-corrected chi connectivity index (χ3v) is 3.15. The van der Waals surface area contributed by atoms with Gasteiger partial charge < -0.3 is 15.2 Å². The Labute approximate surface area is 103 Å². The van der Waals surface area contributed by atoms with Crippen molar-refractivity contribution in [3.63, 3.8) is 0 Å². The Morgan fingerprint density at radius 2 is 2.35 bits per heavy atom. The molecule has 0 radical (unpaired) electrons. The smallest absolute Gasteiger partial charge is 0.127 e. The van der Waals surface area contributed by atoms with E-state index in [1.807, 2.05) is 6.92 Å². The third kappa shape index (κ3) is 2.99. The second kappa shape index (κ2) is 6.03. The molecule has 1 aliphatic heterocycles. The van der Waals surface area contributed by atoms with Crippen molar-refractivity contribution < 1.29 is 9.47 Å². The van der Waals surface area contributed by atoms with Crippen LogP contribution in [0.5, 0.6) is 5.75 Å². The van der Waals surface area contributed by atoms with Gasteiger partial charge in [-0.1, -0.05) is 18.2 Å². The van der Waals surface area contributed by atoms with Crippen molar-refractivity contribution in [1.29, 1.82) is 0 Å². The molecule has 94 valence electrons. The summed E-state index contributed by atoms with van der Waals surface area (Å²) in [5.74, 6) is 1.02. The van der Waals surface area contributed by atoms with E-state index in [-0.39, 0.29) is 6.04 Å². The van der Waals surface area contributed by atoms with E-state index < -0.39 is 0 Å². The lowest BCUT2D eigenvalue weighted by atomic mass is 9.99. The number of benzene rings is 1. The molecule has 0 saturated carbocycles. The van der Waals surface area contributed by atoms with Gasteiger partial charge in [-0.25, -0.2) is 0 Å². The highest BCUT2D eigenvalue weighted by Crippen LogP contribution is 2.33. The molecule has 0 fully saturated rings. The van der Waals surface area contributed by atoms with Gasteiger partial charge >= 0.3 is 0 Å². The van der Waals surface area contributed by atoms with Gasteiger partial charge in [0.15, 0.2) is 0 Å². The first-order valence-electron chi connectivity index (χ1n) is 6.41. The summed E-state index contributed by atoms with van der Waals surface area (Å²) in [4.78, 5) is 0. The van der Waals surface area contributed by atoms with E-state index in [9.17, 15) is 0 Å². The summed E-state index contributed by atoms with van der Waals surface area (Å²) in [7, 11) is 0. The summed E-state index contributed by atoms with van der Waals surface area (Å²) in [5.41, 5.74) is 8.66. The molecule has 0 aliphatic carbocycles. The van der Waals surface area contributed by atoms with Crippen LogP contribution in [-0.4, -0.2) is 19.8 Å². The number of nitrogens with two attached hydrogens (primary N) is 1. The zero-order valence-electron chi connectivity index (χ0n) is 10.4. The van der Waals surface area contributed by atoms with Crippen LogP contribution in [0.3, 0.4) is 0 Å². The van der Waals surface area contributed by atoms with Gasteiger partial charge in [0.25, 0.3) is 0 Å². The van der Waals surface area contributed by atoms with Crippen LogP contribution in [0.4, 0.5) is 0 Å². The minimum atomic E-state index is 0.0588. The number of para-hydroxylation sites is 1. The lowest BCUT2D eigenvalue weighted by molar-refractivity contribution is 0.142. The quantitative estimate of drug-likeness (QED) is 0.770. The van der Waals surface area contributed by atoms with Crippen molar-refractivity contribution >= 4 is 0 Å². The van der Waals surface area contributed by atoms with Gasteiger partial charge in [-0.15, -0.1) is 0 Å². The molecule has 0 saturated heterocycles. The molecule has 3 heteroatoms. The maximum absolute atomic E-state index is 6.21. The molecule has 0 aromatic heterocycles. The number of hydrogen-bond acceptors (Lipinski definition) is 3. The van der Waals surface area contributed by atoms with E-state index in [1.54, 1.807) is 0 Å². The van der Waals surface area contributed by atoms with Crippen LogP contribution in [0.1, 0.15) is 36.9 Å². The molecule has 2 N–H and O–H groups in total. The maximum atomic E-state index is 6.21. The number of hydrogen-bond donors (Lipinski definition) is 1. The number of fused-ring (bicyclic) bond motifs is 1. The van der Waals surface area contributed by atoms with Crippen molar-refractivity contribution in [3.8, 4) is 5.75 Å². The minimum Gasteiger partial charge on any atom is -0.493 e. The fourth-order valence-corrected chi connectivity index (χ4v) is 2.24. The second-order valence-corrected chi connectivity index (χ2v) is 4.38. The maximum Gasteiger partial charge on any atom is 0.127 e. The summed E-state index contributed by atoms with van der Waals surface area (Å²) in [6.07, 6.45) is 2.95. The van der Waals surface area contributed by atoms with Gasteiger partial charge in [-0.3, -0.25) is 0 Å². The van der Waals surface area contributed by atoms with Gasteiger partial charge in [0.1, 0.15) is 5.75 Å². The zero-order valence-corrected chi connectivity index (χ0v) is 10.4. The average molecular weight is 235 g/mol. The molecule has 0 bridgehead atoms. The molecule has 0 spiro atoms. The molecule has 2 rings (SSSR count). The van der Waals surface area contributed by atoms with Gasteiger partial charge in [0.2, 0.25) is 0 Å². The molecule has 1 atom stereocenters. The Morgan fingerprint density at radius 3 is 3.18 bits per heavy atom. The van der Waals surface area contributed by atoms with Gasteiger partial charge in [-0.2, -0.15) is 0 Å². The molecule has 0 amide bonds.